The van der Waals surface area contributed by atoms with Gasteiger partial charge in [0.1, 0.15) is 11.2 Å². The third kappa shape index (κ3) is 5.40. The van der Waals surface area contributed by atoms with Gasteiger partial charge in [0.25, 0.3) is 0 Å². The molecule has 1 aromatic heterocycles. The number of rotatable bonds is 9. The Kier molecular flexibility index (Phi) is 7.95. The molecule has 0 saturated carbocycles. The SMILES string of the molecule is O=C(Nc1ccccn1)C1(CCCCN2CCN(c3ccc(-c4ccccc4)cc3)CC2)c2ccccc2-c2ccccc21. The van der Waals surface area contributed by atoms with Crippen molar-refractivity contribution in [1.29, 1.82) is 0 Å². The van der Waals surface area contributed by atoms with E-state index in [0.717, 1.165) is 74.2 Å². The molecule has 0 atom stereocenters. The van der Waals surface area contributed by atoms with Crippen LogP contribution in [0.2, 0.25) is 0 Å². The lowest BCUT2D eigenvalue weighted by Crippen LogP contribution is -2.46. The van der Waals surface area contributed by atoms with E-state index in [9.17, 15) is 4.79 Å². The van der Waals surface area contributed by atoms with Gasteiger partial charge in [-0.25, -0.2) is 4.98 Å². The van der Waals surface area contributed by atoms with Crippen molar-refractivity contribution in [3.05, 3.63) is 139 Å². The van der Waals surface area contributed by atoms with Crippen LogP contribution < -0.4 is 10.2 Å². The number of anilines is 2. The van der Waals surface area contributed by atoms with Crippen LogP contribution in [-0.2, 0) is 10.2 Å². The number of hydrogen-bond donors (Lipinski definition) is 1. The summed E-state index contributed by atoms with van der Waals surface area (Å²) in [6.45, 7) is 5.21. The number of nitrogens with one attached hydrogen (secondary N) is 1. The summed E-state index contributed by atoms with van der Waals surface area (Å²) in [6, 6.07) is 42.0. The topological polar surface area (TPSA) is 48.5 Å². The van der Waals surface area contributed by atoms with Gasteiger partial charge >= 0.3 is 0 Å². The average Bonchev–Trinajstić information content (AvgIpc) is 3.38. The molecule has 5 nitrogen and oxygen atoms in total. The van der Waals surface area contributed by atoms with Crippen LogP contribution in [0.5, 0.6) is 0 Å². The molecule has 1 saturated heterocycles. The fourth-order valence-corrected chi connectivity index (χ4v) is 7.06. The highest BCUT2D eigenvalue weighted by Gasteiger charge is 2.48. The molecule has 1 aliphatic heterocycles. The van der Waals surface area contributed by atoms with Crippen molar-refractivity contribution in [1.82, 2.24) is 9.88 Å². The summed E-state index contributed by atoms with van der Waals surface area (Å²) < 4.78 is 0. The third-order valence-electron chi connectivity index (χ3n) is 9.35. The molecule has 1 N–H and O–H groups in total. The van der Waals surface area contributed by atoms with Crippen molar-refractivity contribution < 1.29 is 4.79 Å². The van der Waals surface area contributed by atoms with Crippen molar-refractivity contribution >= 4 is 17.4 Å². The van der Waals surface area contributed by atoms with E-state index in [1.807, 2.05) is 18.2 Å². The zero-order valence-electron chi connectivity index (χ0n) is 25.0. The third-order valence-corrected chi connectivity index (χ3v) is 9.35. The normalized spacial score (nSPS) is 15.4. The molecule has 7 rings (SSSR count). The van der Waals surface area contributed by atoms with Crippen LogP contribution in [0.1, 0.15) is 30.4 Å². The predicted molar refractivity (Wildman–Crippen MR) is 180 cm³/mol. The second-order valence-electron chi connectivity index (χ2n) is 11.9. The maximum atomic E-state index is 14.3. The summed E-state index contributed by atoms with van der Waals surface area (Å²) in [5.41, 5.74) is 7.58. The van der Waals surface area contributed by atoms with E-state index in [0.29, 0.717) is 5.82 Å². The summed E-state index contributed by atoms with van der Waals surface area (Å²) in [5, 5.41) is 3.16. The minimum atomic E-state index is -0.741. The molecule has 1 amide bonds. The van der Waals surface area contributed by atoms with E-state index in [2.05, 4.69) is 123 Å². The van der Waals surface area contributed by atoms with Gasteiger partial charge in [0.15, 0.2) is 0 Å². The van der Waals surface area contributed by atoms with Gasteiger partial charge in [-0.3, -0.25) is 9.69 Å². The van der Waals surface area contributed by atoms with Gasteiger partial charge < -0.3 is 10.2 Å². The average molecular weight is 579 g/mol. The lowest BCUT2D eigenvalue weighted by molar-refractivity contribution is -0.120. The molecule has 2 heterocycles. The zero-order valence-corrected chi connectivity index (χ0v) is 25.0. The minimum Gasteiger partial charge on any atom is -0.369 e. The van der Waals surface area contributed by atoms with Crippen molar-refractivity contribution in [3.8, 4) is 22.3 Å². The zero-order chi connectivity index (χ0) is 29.8. The Bertz CT molecular complexity index is 1670. The van der Waals surface area contributed by atoms with Crippen molar-refractivity contribution in [3.63, 3.8) is 0 Å². The number of carbonyl (C=O) groups excluding carboxylic acids is 1. The smallest absolute Gasteiger partial charge is 0.240 e. The molecule has 5 aromatic rings. The molecule has 1 fully saturated rings. The molecule has 0 spiro atoms. The number of fused-ring (bicyclic) bond motifs is 3. The highest BCUT2D eigenvalue weighted by molar-refractivity contribution is 6.06. The van der Waals surface area contributed by atoms with Crippen molar-refractivity contribution in [2.24, 2.45) is 0 Å². The van der Waals surface area contributed by atoms with Crippen LogP contribution in [0.3, 0.4) is 0 Å². The number of piperazine rings is 1. The fraction of sp³-hybridized carbons (Fsp3) is 0.231. The van der Waals surface area contributed by atoms with E-state index < -0.39 is 5.41 Å². The lowest BCUT2D eigenvalue weighted by Gasteiger charge is -2.36. The Morgan fingerprint density at radius 3 is 1.93 bits per heavy atom. The Morgan fingerprint density at radius 1 is 0.659 bits per heavy atom. The maximum absolute atomic E-state index is 14.3. The lowest BCUT2D eigenvalue weighted by atomic mass is 9.73. The molecule has 2 aliphatic rings. The van der Waals surface area contributed by atoms with Crippen molar-refractivity contribution in [2.75, 3.05) is 42.9 Å². The molecule has 0 bridgehead atoms. The number of benzene rings is 4. The van der Waals surface area contributed by atoms with Gasteiger partial charge in [-0.05, 0) is 77.0 Å². The van der Waals surface area contributed by atoms with Gasteiger partial charge in [-0.1, -0.05) is 103 Å². The van der Waals surface area contributed by atoms with E-state index >= 15 is 0 Å². The number of nitrogens with zero attached hydrogens (tertiary/aromatic N) is 3. The highest BCUT2D eigenvalue weighted by atomic mass is 16.2. The number of carbonyl (C=O) groups is 1. The summed E-state index contributed by atoms with van der Waals surface area (Å²) >= 11 is 0. The molecule has 5 heteroatoms. The van der Waals surface area contributed by atoms with E-state index in [4.69, 9.17) is 0 Å². The second-order valence-corrected chi connectivity index (χ2v) is 11.9. The van der Waals surface area contributed by atoms with Gasteiger partial charge in [-0.15, -0.1) is 0 Å². The van der Waals surface area contributed by atoms with Gasteiger partial charge in [0.05, 0.1) is 0 Å². The maximum Gasteiger partial charge on any atom is 0.240 e. The Hall–Kier alpha value is -4.74. The Morgan fingerprint density at radius 2 is 1.27 bits per heavy atom. The molecule has 0 radical (unpaired) electrons. The number of aromatic nitrogens is 1. The summed E-state index contributed by atoms with van der Waals surface area (Å²) in [5.74, 6) is 0.590. The van der Waals surface area contributed by atoms with Crippen LogP contribution in [0, 0.1) is 0 Å². The minimum absolute atomic E-state index is 0.000460. The summed E-state index contributed by atoms with van der Waals surface area (Å²) in [7, 11) is 0. The van der Waals surface area contributed by atoms with Crippen LogP contribution in [-0.4, -0.2) is 48.5 Å². The molecule has 0 unspecified atom stereocenters. The number of amides is 1. The van der Waals surface area contributed by atoms with Crippen LogP contribution in [0.4, 0.5) is 11.5 Å². The standard InChI is InChI=1S/C39H38N4O/c44-38(41-37-18-8-10-24-40-37)39(35-16-6-4-14-33(35)34-15-5-7-17-36(34)39)23-9-11-25-42-26-28-43(29-27-42)32-21-19-31(20-22-32)30-12-2-1-3-13-30/h1-8,10,12-22,24H,9,11,23,25-29H2,(H,40,41,44). The fourth-order valence-electron chi connectivity index (χ4n) is 7.06. The predicted octanol–water partition coefficient (Wildman–Crippen LogP) is 7.65. The number of unbranched alkanes of at least 4 members (excludes halogenated alkanes) is 1. The highest BCUT2D eigenvalue weighted by Crippen LogP contribution is 2.52. The first-order chi connectivity index (χ1) is 21.7. The summed E-state index contributed by atoms with van der Waals surface area (Å²) in [6.07, 6.45) is 4.49. The van der Waals surface area contributed by atoms with Gasteiger partial charge in [0.2, 0.25) is 5.91 Å². The van der Waals surface area contributed by atoms with Crippen molar-refractivity contribution in [2.45, 2.75) is 24.7 Å². The molecule has 44 heavy (non-hydrogen) atoms. The molecule has 220 valence electrons. The molecular formula is C39H38N4O. The van der Waals surface area contributed by atoms with E-state index in [1.165, 1.54) is 16.8 Å². The number of pyridine rings is 1. The largest absolute Gasteiger partial charge is 0.369 e. The first kappa shape index (κ1) is 28.1. The summed E-state index contributed by atoms with van der Waals surface area (Å²) in [4.78, 5) is 23.7. The quantitative estimate of drug-likeness (QED) is 0.183. The molecule has 4 aromatic carbocycles. The van der Waals surface area contributed by atoms with Crippen LogP contribution >= 0.6 is 0 Å². The van der Waals surface area contributed by atoms with Gasteiger partial charge in [-0.2, -0.15) is 0 Å². The van der Waals surface area contributed by atoms with Gasteiger partial charge in [0, 0.05) is 38.1 Å². The number of hydrogen-bond acceptors (Lipinski definition) is 4. The molecular weight excluding hydrogens is 540 g/mol. The molecule has 1 aliphatic carbocycles. The monoisotopic (exact) mass is 578 g/mol. The van der Waals surface area contributed by atoms with E-state index in [1.54, 1.807) is 6.20 Å². The Balaban J connectivity index is 1.00. The van der Waals surface area contributed by atoms with E-state index in [-0.39, 0.29) is 5.91 Å². The second kappa shape index (κ2) is 12.5. The first-order valence-corrected chi connectivity index (χ1v) is 15.8. The van der Waals surface area contributed by atoms with Crippen LogP contribution in [0.25, 0.3) is 22.3 Å². The Labute approximate surface area is 260 Å². The van der Waals surface area contributed by atoms with Crippen LogP contribution in [0.15, 0.2) is 128 Å². The first-order valence-electron chi connectivity index (χ1n) is 15.8.